The second-order valence-corrected chi connectivity index (χ2v) is 5.90. The molecule has 154 valence electrons. The minimum Gasteiger partial charge on any atom is -0.496 e. The number of halogens is 1. The van der Waals surface area contributed by atoms with E-state index in [9.17, 15) is 0 Å². The fraction of sp³-hybridized carbons (Fsp3) is 0.381. The molecule has 0 aromatic heterocycles. The first-order valence-electron chi connectivity index (χ1n) is 9.04. The van der Waals surface area contributed by atoms with Crippen molar-refractivity contribution in [3.63, 3.8) is 0 Å². The van der Waals surface area contributed by atoms with Crippen LogP contribution in [0, 0.1) is 0 Å². The molecule has 2 N–H and O–H groups in total. The van der Waals surface area contributed by atoms with Gasteiger partial charge >= 0.3 is 0 Å². The molecule has 7 heteroatoms. The van der Waals surface area contributed by atoms with Crippen LogP contribution in [-0.2, 0) is 17.7 Å². The molecule has 0 aliphatic heterocycles. The van der Waals surface area contributed by atoms with Gasteiger partial charge in [0.25, 0.3) is 0 Å². The van der Waals surface area contributed by atoms with Crippen LogP contribution in [0.1, 0.15) is 11.1 Å². The van der Waals surface area contributed by atoms with Gasteiger partial charge in [0.05, 0.1) is 13.7 Å². The van der Waals surface area contributed by atoms with E-state index in [1.54, 1.807) is 21.3 Å². The van der Waals surface area contributed by atoms with Gasteiger partial charge in [-0.15, -0.1) is 24.0 Å². The summed E-state index contributed by atoms with van der Waals surface area (Å²) in [7, 11) is 5.12. The van der Waals surface area contributed by atoms with Crippen molar-refractivity contribution in [2.75, 3.05) is 41.0 Å². The Morgan fingerprint density at radius 2 is 1.82 bits per heavy atom. The molecule has 0 saturated carbocycles. The standard InChI is InChI=1S/C21H29N3O3.HI/c1-22-21(23-12-11-18-8-4-5-10-20(18)26-3)24-16-17-7-6-9-19(15-17)27-14-13-25-2;/h4-10,15H,11-14,16H2,1-3H3,(H2,22,23,24);1H. The van der Waals surface area contributed by atoms with Gasteiger partial charge < -0.3 is 24.8 Å². The molecule has 0 saturated heterocycles. The minimum absolute atomic E-state index is 0. The van der Waals surface area contributed by atoms with Crippen LogP contribution in [-0.4, -0.2) is 47.0 Å². The summed E-state index contributed by atoms with van der Waals surface area (Å²) in [4.78, 5) is 4.28. The second-order valence-electron chi connectivity index (χ2n) is 5.90. The van der Waals surface area contributed by atoms with E-state index in [4.69, 9.17) is 14.2 Å². The van der Waals surface area contributed by atoms with Crippen molar-refractivity contribution in [3.05, 3.63) is 59.7 Å². The number of nitrogens with zero attached hydrogens (tertiary/aromatic N) is 1. The number of para-hydroxylation sites is 1. The van der Waals surface area contributed by atoms with Crippen LogP contribution in [0.5, 0.6) is 11.5 Å². The van der Waals surface area contributed by atoms with Gasteiger partial charge in [-0.05, 0) is 35.7 Å². The molecule has 0 spiro atoms. The van der Waals surface area contributed by atoms with E-state index in [1.807, 2.05) is 36.4 Å². The third-order valence-corrected chi connectivity index (χ3v) is 4.02. The van der Waals surface area contributed by atoms with Crippen LogP contribution in [0.15, 0.2) is 53.5 Å². The smallest absolute Gasteiger partial charge is 0.191 e. The third-order valence-electron chi connectivity index (χ3n) is 4.02. The first-order chi connectivity index (χ1) is 13.3. The Hall–Kier alpha value is -2.00. The number of rotatable bonds is 10. The number of hydrogen-bond acceptors (Lipinski definition) is 4. The van der Waals surface area contributed by atoms with E-state index >= 15 is 0 Å². The summed E-state index contributed by atoms with van der Waals surface area (Å²) in [5.41, 5.74) is 2.29. The normalized spacial score (nSPS) is 10.8. The summed E-state index contributed by atoms with van der Waals surface area (Å²) in [5.74, 6) is 2.51. The number of nitrogens with one attached hydrogen (secondary N) is 2. The van der Waals surface area contributed by atoms with Crippen molar-refractivity contribution in [1.82, 2.24) is 10.6 Å². The average molecular weight is 499 g/mol. The quantitative estimate of drug-likeness (QED) is 0.228. The number of ether oxygens (including phenoxy) is 3. The third kappa shape index (κ3) is 8.35. The monoisotopic (exact) mass is 499 g/mol. The topological polar surface area (TPSA) is 64.1 Å². The number of aliphatic imine (C=N–C) groups is 1. The Balaban J connectivity index is 0.00000392. The van der Waals surface area contributed by atoms with Gasteiger partial charge in [0.1, 0.15) is 18.1 Å². The molecule has 0 radical (unpaired) electrons. The lowest BCUT2D eigenvalue weighted by Gasteiger charge is -2.14. The Morgan fingerprint density at radius 1 is 1.00 bits per heavy atom. The van der Waals surface area contributed by atoms with E-state index in [0.717, 1.165) is 36.0 Å². The summed E-state index contributed by atoms with van der Waals surface area (Å²) in [5, 5.41) is 6.65. The van der Waals surface area contributed by atoms with Crippen LogP contribution in [0.3, 0.4) is 0 Å². The molecule has 0 aliphatic rings. The lowest BCUT2D eigenvalue weighted by Crippen LogP contribution is -2.37. The average Bonchev–Trinajstić information content (AvgIpc) is 2.71. The zero-order chi connectivity index (χ0) is 19.3. The lowest BCUT2D eigenvalue weighted by atomic mass is 10.1. The molecular formula is C21H30IN3O3. The van der Waals surface area contributed by atoms with E-state index in [-0.39, 0.29) is 24.0 Å². The molecular weight excluding hydrogens is 469 g/mol. The Kier molecular flexibility index (Phi) is 12.1. The Morgan fingerprint density at radius 3 is 2.57 bits per heavy atom. The zero-order valence-electron chi connectivity index (χ0n) is 16.7. The largest absolute Gasteiger partial charge is 0.496 e. The fourth-order valence-corrected chi connectivity index (χ4v) is 2.62. The van der Waals surface area contributed by atoms with Crippen molar-refractivity contribution in [2.45, 2.75) is 13.0 Å². The summed E-state index contributed by atoms with van der Waals surface area (Å²) >= 11 is 0. The van der Waals surface area contributed by atoms with E-state index in [0.29, 0.717) is 19.8 Å². The highest BCUT2D eigenvalue weighted by Crippen LogP contribution is 2.17. The van der Waals surface area contributed by atoms with Crippen LogP contribution >= 0.6 is 24.0 Å². The van der Waals surface area contributed by atoms with Gasteiger partial charge in [-0.2, -0.15) is 0 Å². The second kappa shape index (κ2) is 14.1. The minimum atomic E-state index is 0. The van der Waals surface area contributed by atoms with Crippen LogP contribution in [0.25, 0.3) is 0 Å². The molecule has 0 amide bonds. The van der Waals surface area contributed by atoms with Crippen LogP contribution < -0.4 is 20.1 Å². The summed E-state index contributed by atoms with van der Waals surface area (Å²) in [6.45, 7) is 2.54. The van der Waals surface area contributed by atoms with E-state index in [2.05, 4.69) is 27.8 Å². The van der Waals surface area contributed by atoms with Crippen molar-refractivity contribution in [2.24, 2.45) is 4.99 Å². The summed E-state index contributed by atoms with van der Waals surface area (Å²) < 4.78 is 16.0. The molecule has 0 heterocycles. The number of benzene rings is 2. The highest BCUT2D eigenvalue weighted by atomic mass is 127. The summed E-state index contributed by atoms with van der Waals surface area (Å²) in [6, 6.07) is 16.0. The van der Waals surface area contributed by atoms with Gasteiger partial charge in [-0.1, -0.05) is 30.3 Å². The number of hydrogen-bond donors (Lipinski definition) is 2. The molecule has 6 nitrogen and oxygen atoms in total. The van der Waals surface area contributed by atoms with Crippen LogP contribution in [0.2, 0.25) is 0 Å². The molecule has 0 unspecified atom stereocenters. The van der Waals surface area contributed by atoms with Crippen molar-refractivity contribution in [1.29, 1.82) is 0 Å². The summed E-state index contributed by atoms with van der Waals surface area (Å²) in [6.07, 6.45) is 0.855. The molecule has 2 rings (SSSR count). The first kappa shape index (κ1) is 24.0. The highest BCUT2D eigenvalue weighted by Gasteiger charge is 2.03. The maximum absolute atomic E-state index is 5.65. The SMILES string of the molecule is CN=C(NCCc1ccccc1OC)NCc1cccc(OCCOC)c1.I. The van der Waals surface area contributed by atoms with Gasteiger partial charge in [0.15, 0.2) is 5.96 Å². The molecule has 28 heavy (non-hydrogen) atoms. The maximum Gasteiger partial charge on any atom is 0.191 e. The lowest BCUT2D eigenvalue weighted by molar-refractivity contribution is 0.146. The van der Waals surface area contributed by atoms with Gasteiger partial charge in [0, 0.05) is 27.2 Å². The maximum atomic E-state index is 5.65. The zero-order valence-corrected chi connectivity index (χ0v) is 19.1. The van der Waals surface area contributed by atoms with Gasteiger partial charge in [-0.25, -0.2) is 0 Å². The van der Waals surface area contributed by atoms with Crippen molar-refractivity contribution >= 4 is 29.9 Å². The number of methoxy groups -OCH3 is 2. The molecule has 2 aromatic carbocycles. The van der Waals surface area contributed by atoms with Crippen molar-refractivity contribution in [3.8, 4) is 11.5 Å². The Bertz CT molecular complexity index is 726. The fourth-order valence-electron chi connectivity index (χ4n) is 2.62. The van der Waals surface area contributed by atoms with Gasteiger partial charge in [-0.3, -0.25) is 4.99 Å². The van der Waals surface area contributed by atoms with Gasteiger partial charge in [0.2, 0.25) is 0 Å². The van der Waals surface area contributed by atoms with E-state index < -0.39 is 0 Å². The molecule has 0 atom stereocenters. The predicted molar refractivity (Wildman–Crippen MR) is 124 cm³/mol. The molecule has 0 fully saturated rings. The molecule has 0 bridgehead atoms. The molecule has 2 aromatic rings. The van der Waals surface area contributed by atoms with Crippen LogP contribution in [0.4, 0.5) is 0 Å². The Labute approximate surface area is 184 Å². The predicted octanol–water partition coefficient (Wildman–Crippen LogP) is 3.25. The molecule has 0 aliphatic carbocycles. The first-order valence-corrected chi connectivity index (χ1v) is 9.04. The highest BCUT2D eigenvalue weighted by molar-refractivity contribution is 14.0. The van der Waals surface area contributed by atoms with E-state index in [1.165, 1.54) is 5.56 Å². The number of guanidine groups is 1. The van der Waals surface area contributed by atoms with Crippen molar-refractivity contribution < 1.29 is 14.2 Å².